The van der Waals surface area contributed by atoms with E-state index in [1.165, 1.54) is 0 Å². The minimum absolute atomic E-state index is 0.0619. The van der Waals surface area contributed by atoms with Crippen LogP contribution in [-0.4, -0.2) is 23.1 Å². The van der Waals surface area contributed by atoms with Gasteiger partial charge in [-0.3, -0.25) is 4.79 Å². The first-order chi connectivity index (χ1) is 9.01. The fourth-order valence-electron chi connectivity index (χ4n) is 1.70. The van der Waals surface area contributed by atoms with Crippen molar-refractivity contribution in [3.8, 4) is 0 Å². The summed E-state index contributed by atoms with van der Waals surface area (Å²) in [7, 11) is 0. The zero-order valence-corrected chi connectivity index (χ0v) is 12.8. The quantitative estimate of drug-likeness (QED) is 0.668. The molecular weight excluding hydrogens is 359 g/mol. The van der Waals surface area contributed by atoms with Gasteiger partial charge in [0, 0.05) is 15.3 Å². The van der Waals surface area contributed by atoms with Gasteiger partial charge >= 0.3 is 12.0 Å². The molecule has 1 rings (SSSR count). The molecule has 0 aromatic heterocycles. The number of urea groups is 1. The topological polar surface area (TPSA) is 78.4 Å². The number of amides is 2. The summed E-state index contributed by atoms with van der Waals surface area (Å²) in [5, 5.41) is 14.2. The van der Waals surface area contributed by atoms with Crippen molar-refractivity contribution in [3.63, 3.8) is 0 Å². The van der Waals surface area contributed by atoms with E-state index in [0.29, 0.717) is 12.1 Å². The lowest BCUT2D eigenvalue weighted by Gasteiger charge is -2.16. The Hall–Kier alpha value is -1.31. The Bertz CT molecular complexity index is 451. The van der Waals surface area contributed by atoms with Crippen LogP contribution in [0.1, 0.15) is 26.2 Å². The van der Waals surface area contributed by atoms with Crippen LogP contribution < -0.4 is 10.6 Å². The number of carbonyl (C=O) groups is 2. The Kier molecular flexibility index (Phi) is 6.61. The van der Waals surface area contributed by atoms with E-state index in [1.54, 1.807) is 6.07 Å². The molecule has 6 heteroatoms. The Morgan fingerprint density at radius 3 is 2.74 bits per heavy atom. The maximum absolute atomic E-state index is 11.8. The predicted octanol–water partition coefficient (Wildman–Crippen LogP) is 3.06. The molecule has 0 fully saturated rings. The maximum Gasteiger partial charge on any atom is 0.319 e. The fourth-order valence-corrected chi connectivity index (χ4v) is 2.25. The van der Waals surface area contributed by atoms with E-state index in [9.17, 15) is 9.59 Å². The Labute approximate surface area is 125 Å². The number of carboxylic acid groups (broad SMARTS) is 1. The van der Waals surface area contributed by atoms with Crippen molar-refractivity contribution in [1.29, 1.82) is 0 Å². The molecule has 1 aromatic carbocycles. The number of carboxylic acids is 1. The van der Waals surface area contributed by atoms with E-state index in [-0.39, 0.29) is 18.5 Å². The van der Waals surface area contributed by atoms with Crippen LogP contribution in [0.25, 0.3) is 0 Å². The van der Waals surface area contributed by atoms with E-state index in [2.05, 4.69) is 33.2 Å². The lowest BCUT2D eigenvalue weighted by atomic mass is 10.1. The van der Waals surface area contributed by atoms with Crippen LogP contribution in [0, 0.1) is 3.57 Å². The monoisotopic (exact) mass is 376 g/mol. The van der Waals surface area contributed by atoms with Crippen LogP contribution in [0.5, 0.6) is 0 Å². The van der Waals surface area contributed by atoms with Gasteiger partial charge in [-0.15, -0.1) is 0 Å². The number of aliphatic carboxylic acids is 1. The van der Waals surface area contributed by atoms with Gasteiger partial charge < -0.3 is 15.7 Å². The minimum atomic E-state index is -0.909. The molecule has 5 nitrogen and oxygen atoms in total. The molecule has 0 spiro atoms. The molecule has 19 heavy (non-hydrogen) atoms. The van der Waals surface area contributed by atoms with Gasteiger partial charge in [0.2, 0.25) is 0 Å². The molecule has 1 unspecified atom stereocenters. The van der Waals surface area contributed by atoms with Gasteiger partial charge in [0.05, 0.1) is 6.42 Å². The molecule has 1 aromatic rings. The molecular formula is C13H17IN2O3. The van der Waals surface area contributed by atoms with Crippen LogP contribution >= 0.6 is 22.6 Å². The summed E-state index contributed by atoms with van der Waals surface area (Å²) in [6, 6.07) is 6.68. The minimum Gasteiger partial charge on any atom is -0.481 e. The zero-order valence-electron chi connectivity index (χ0n) is 10.6. The van der Waals surface area contributed by atoms with Crippen LogP contribution in [0.3, 0.4) is 0 Å². The largest absolute Gasteiger partial charge is 0.481 e. The summed E-state index contributed by atoms with van der Waals surface area (Å²) in [5.74, 6) is -0.909. The average Bonchev–Trinajstić information content (AvgIpc) is 2.27. The van der Waals surface area contributed by atoms with Crippen molar-refractivity contribution < 1.29 is 14.7 Å². The van der Waals surface area contributed by atoms with Crippen LogP contribution in [0.4, 0.5) is 10.5 Å². The first-order valence-electron chi connectivity index (χ1n) is 6.06. The highest BCUT2D eigenvalue weighted by molar-refractivity contribution is 14.1. The smallest absolute Gasteiger partial charge is 0.319 e. The van der Waals surface area contributed by atoms with E-state index < -0.39 is 5.97 Å². The molecule has 0 radical (unpaired) electrons. The second-order valence-corrected chi connectivity index (χ2v) is 5.44. The summed E-state index contributed by atoms with van der Waals surface area (Å²) in [6.07, 6.45) is 1.40. The predicted molar refractivity (Wildman–Crippen MR) is 82.3 cm³/mol. The van der Waals surface area contributed by atoms with Gasteiger partial charge in [0.15, 0.2) is 0 Å². The number of nitrogens with one attached hydrogen (secondary N) is 2. The molecule has 0 bridgehead atoms. The summed E-state index contributed by atoms with van der Waals surface area (Å²) in [5.41, 5.74) is 0.690. The van der Waals surface area contributed by atoms with Gasteiger partial charge in [0.25, 0.3) is 0 Å². The zero-order chi connectivity index (χ0) is 14.3. The highest BCUT2D eigenvalue weighted by atomic mass is 127. The van der Waals surface area contributed by atoms with Gasteiger partial charge in [-0.2, -0.15) is 0 Å². The Morgan fingerprint density at radius 2 is 2.16 bits per heavy atom. The summed E-state index contributed by atoms with van der Waals surface area (Å²) < 4.78 is 1.02. The molecule has 0 aliphatic heterocycles. The first kappa shape index (κ1) is 15.7. The highest BCUT2D eigenvalue weighted by Crippen LogP contribution is 2.12. The molecule has 3 N–H and O–H groups in total. The van der Waals surface area contributed by atoms with Gasteiger partial charge in [-0.1, -0.05) is 19.4 Å². The molecule has 0 saturated heterocycles. The normalized spacial score (nSPS) is 11.7. The number of hydrogen-bond donors (Lipinski definition) is 3. The van der Waals surface area contributed by atoms with Crippen molar-refractivity contribution in [2.24, 2.45) is 0 Å². The van der Waals surface area contributed by atoms with Crippen molar-refractivity contribution in [2.75, 3.05) is 5.32 Å². The fraction of sp³-hybridized carbons (Fsp3) is 0.385. The van der Waals surface area contributed by atoms with Crippen molar-refractivity contribution in [2.45, 2.75) is 32.2 Å². The number of rotatable bonds is 6. The molecule has 0 heterocycles. The highest BCUT2D eigenvalue weighted by Gasteiger charge is 2.15. The Morgan fingerprint density at radius 1 is 1.42 bits per heavy atom. The Balaban J connectivity index is 2.54. The number of anilines is 1. The summed E-state index contributed by atoms with van der Waals surface area (Å²) in [6.45, 7) is 1.95. The van der Waals surface area contributed by atoms with Crippen molar-refractivity contribution in [3.05, 3.63) is 27.8 Å². The second kappa shape index (κ2) is 7.98. The van der Waals surface area contributed by atoms with Crippen LogP contribution in [0.15, 0.2) is 24.3 Å². The number of carbonyl (C=O) groups excluding carboxylic acids is 1. The third-order valence-corrected chi connectivity index (χ3v) is 3.15. The molecule has 1 atom stereocenters. The lowest BCUT2D eigenvalue weighted by Crippen LogP contribution is -2.39. The van der Waals surface area contributed by atoms with Crippen molar-refractivity contribution in [1.82, 2.24) is 5.32 Å². The molecule has 104 valence electrons. The molecule has 2 amide bonds. The summed E-state index contributed by atoms with van der Waals surface area (Å²) >= 11 is 2.16. The number of benzene rings is 1. The second-order valence-electron chi connectivity index (χ2n) is 4.19. The van der Waals surface area contributed by atoms with Crippen LogP contribution in [-0.2, 0) is 4.79 Å². The van der Waals surface area contributed by atoms with E-state index in [1.807, 2.05) is 25.1 Å². The molecule has 0 aliphatic rings. The third kappa shape index (κ3) is 6.42. The van der Waals surface area contributed by atoms with Crippen molar-refractivity contribution >= 4 is 40.3 Å². The molecule has 0 aliphatic carbocycles. The average molecular weight is 376 g/mol. The SMILES string of the molecule is CCCC(CC(=O)O)NC(=O)Nc1cccc(I)c1. The summed E-state index contributed by atoms with van der Waals surface area (Å²) in [4.78, 5) is 22.5. The van der Waals surface area contributed by atoms with Gasteiger partial charge in [-0.05, 0) is 47.2 Å². The lowest BCUT2D eigenvalue weighted by molar-refractivity contribution is -0.137. The van der Waals surface area contributed by atoms with E-state index in [0.717, 1.165) is 9.99 Å². The number of hydrogen-bond acceptors (Lipinski definition) is 2. The standard InChI is InChI=1S/C13H17IN2O3/c1-2-4-10(8-12(17)18)15-13(19)16-11-6-3-5-9(14)7-11/h3,5-7,10H,2,4,8H2,1H3,(H,17,18)(H2,15,16,19). The van der Waals surface area contributed by atoms with E-state index in [4.69, 9.17) is 5.11 Å². The first-order valence-corrected chi connectivity index (χ1v) is 7.14. The maximum atomic E-state index is 11.8. The van der Waals surface area contributed by atoms with Crippen LogP contribution in [0.2, 0.25) is 0 Å². The van der Waals surface area contributed by atoms with Gasteiger partial charge in [-0.25, -0.2) is 4.79 Å². The number of halogens is 1. The van der Waals surface area contributed by atoms with Gasteiger partial charge in [0.1, 0.15) is 0 Å². The third-order valence-electron chi connectivity index (χ3n) is 2.48. The molecule has 0 saturated carbocycles. The van der Waals surface area contributed by atoms with E-state index >= 15 is 0 Å².